The van der Waals surface area contributed by atoms with Gasteiger partial charge in [0.2, 0.25) is 41.0 Å². The molecule has 13 aliphatic rings. The minimum Gasteiger partial charge on any atom is -0.443 e. The van der Waals surface area contributed by atoms with Crippen LogP contribution < -0.4 is 0 Å². The number of carbonyl (C=O) groups is 4. The summed E-state index contributed by atoms with van der Waals surface area (Å²) in [6.45, 7) is 10.9. The smallest absolute Gasteiger partial charge is 0.443 e. The van der Waals surface area contributed by atoms with E-state index in [2.05, 4.69) is 66.0 Å². The highest BCUT2D eigenvalue weighted by Gasteiger charge is 2.62. The molecule has 17 heterocycles. The number of Topliss-reactive ketones (excluding diaryl/α,β-unsaturated/α-hetero) is 4. The molecule has 0 unspecified atom stereocenters. The first-order valence-corrected chi connectivity index (χ1v) is 52.8. The van der Waals surface area contributed by atoms with Crippen LogP contribution in [0.5, 0.6) is 0 Å². The van der Waals surface area contributed by atoms with E-state index in [0.29, 0.717) is 105 Å². The SMILES string of the molecule is Cc1ncc(-c2cc(CCC(=O)[C@@H]3C4CC(C4)N3S(=O)(=O)c3cc4cc(F)ccc4o3)c(C)cn2)cn1.Cc1ncc(-c2cc(CCC(=O)[C@@H]3C4CC(C4)N3S(=O)(=O)c3ccc(F)cc3)nc(C(F)(F)F)n2)cn1.Cc1ncc(-c2cc(CCC(=O)[C@@H]3C4CC(C4)N3S(=O)(=O)c3ccc(F)cc3)nc(C3CC3)c2)cn1.Cc1ncc(-n2cc(CCC(=O)[C@@H]3C4CC(C4)N3S(=O)(=O)c3ccc(F)cc3)c(C)n2)cn1. The fraction of sp³-hybridized carbons (Fsp3) is 0.376. The van der Waals surface area contributed by atoms with E-state index in [1.54, 1.807) is 55.0 Å². The van der Waals surface area contributed by atoms with Gasteiger partial charge in [0.15, 0.2) is 23.1 Å². The Balaban J connectivity index is 0.000000121. The molecule has 13 aromatic rings. The minimum atomic E-state index is -4.81. The highest BCUT2D eigenvalue weighted by molar-refractivity contribution is 7.90. The predicted molar refractivity (Wildman–Crippen MR) is 504 cm³/mol. The maximum atomic E-state index is 13.6. The van der Waals surface area contributed by atoms with Crippen molar-refractivity contribution in [3.05, 3.63) is 275 Å². The molecule has 143 heavy (non-hydrogen) atoms. The second kappa shape index (κ2) is 39.4. The number of halogens is 7. The summed E-state index contributed by atoms with van der Waals surface area (Å²) < 4.78 is 213. The van der Waals surface area contributed by atoms with Crippen LogP contribution in [0.15, 0.2) is 207 Å². The number of rotatable bonds is 29. The van der Waals surface area contributed by atoms with Crippen LogP contribution in [-0.2, 0) is 91.1 Å². The van der Waals surface area contributed by atoms with E-state index in [0.717, 1.165) is 123 Å². The second-order valence-corrected chi connectivity index (χ2v) is 45.3. The molecule has 4 aromatic carbocycles. The summed E-state index contributed by atoms with van der Waals surface area (Å²) in [6.07, 6.45) is 21.0. The lowest BCUT2D eigenvalue weighted by molar-refractivity contribution is -0.145. The van der Waals surface area contributed by atoms with E-state index in [1.165, 1.54) is 84.2 Å². The molecule has 13 fully saturated rings. The van der Waals surface area contributed by atoms with Crippen molar-refractivity contribution >= 4 is 74.2 Å². The zero-order chi connectivity index (χ0) is 101. The van der Waals surface area contributed by atoms with Gasteiger partial charge in [0.25, 0.3) is 10.0 Å². The van der Waals surface area contributed by atoms with Crippen LogP contribution in [0.25, 0.3) is 50.3 Å². The summed E-state index contributed by atoms with van der Waals surface area (Å²) >= 11 is 0. The Morgan fingerprint density at radius 2 is 0.769 bits per heavy atom. The zero-order valence-corrected chi connectivity index (χ0v) is 81.5. The molecule has 5 saturated carbocycles. The largest absolute Gasteiger partial charge is 0.451 e. The number of carbonyl (C=O) groups excluding carboxylic acids is 4. The fourth-order valence-corrected chi connectivity index (χ4v) is 28.0. The normalized spacial score (nSPS) is 22.2. The number of nitrogens with zero attached hydrogens (tertiary/aromatic N) is 18. The maximum Gasteiger partial charge on any atom is 0.451 e. The fourth-order valence-electron chi connectivity index (χ4n) is 20.5. The Bertz CT molecular complexity index is 7570. The van der Waals surface area contributed by atoms with Gasteiger partial charge in [-0.25, -0.2) is 106 Å². The van der Waals surface area contributed by atoms with Gasteiger partial charge in [0.1, 0.15) is 57.8 Å². The molecule has 8 bridgehead atoms. The van der Waals surface area contributed by atoms with Gasteiger partial charge in [-0.15, -0.1) is 0 Å². The Morgan fingerprint density at radius 1 is 0.385 bits per heavy atom. The zero-order valence-electron chi connectivity index (χ0n) is 78.2. The molecule has 9 aromatic heterocycles. The first kappa shape index (κ1) is 98.9. The molecule has 42 heteroatoms. The second-order valence-electron chi connectivity index (χ2n) is 38.0. The lowest BCUT2D eigenvalue weighted by Crippen LogP contribution is -2.41. The highest BCUT2D eigenvalue weighted by atomic mass is 32.2. The van der Waals surface area contributed by atoms with Crippen molar-refractivity contribution < 1.29 is 88.0 Å². The van der Waals surface area contributed by atoms with Crippen molar-refractivity contribution in [2.75, 3.05) is 0 Å². The van der Waals surface area contributed by atoms with Crippen LogP contribution in [0.2, 0.25) is 0 Å². The molecule has 31 nitrogen and oxygen atoms in total. The van der Waals surface area contributed by atoms with Crippen molar-refractivity contribution in [2.45, 2.75) is 237 Å². The molecular weight excluding hydrogens is 1930 g/mol. The molecule has 5 aliphatic carbocycles. The van der Waals surface area contributed by atoms with E-state index in [1.807, 2.05) is 52.9 Å². The van der Waals surface area contributed by atoms with Gasteiger partial charge in [-0.05, 0) is 293 Å². The number of pyridine rings is 2. The third-order valence-corrected chi connectivity index (χ3v) is 36.0. The number of aryl methyl sites for hydroxylation is 10. The van der Waals surface area contributed by atoms with Gasteiger partial charge in [0, 0.05) is 151 Å². The van der Waals surface area contributed by atoms with Crippen LogP contribution in [0.3, 0.4) is 0 Å². The van der Waals surface area contributed by atoms with Crippen LogP contribution in [0.4, 0.5) is 30.7 Å². The number of alkyl halides is 3. The number of hydrogen-bond donors (Lipinski definition) is 0. The number of sulfonamides is 4. The van der Waals surface area contributed by atoms with Crippen LogP contribution in [0, 0.1) is 88.5 Å². The Kier molecular flexibility index (Phi) is 27.2. The van der Waals surface area contributed by atoms with Gasteiger partial charge in [0.05, 0.1) is 68.3 Å². The van der Waals surface area contributed by atoms with E-state index >= 15 is 0 Å². The van der Waals surface area contributed by atoms with Gasteiger partial charge in [-0.3, -0.25) is 29.1 Å². The minimum absolute atomic E-state index is 0.00732. The summed E-state index contributed by atoms with van der Waals surface area (Å²) in [7, 11) is -15.9. The van der Waals surface area contributed by atoms with Gasteiger partial charge < -0.3 is 4.42 Å². The molecule has 0 spiro atoms. The molecule has 0 N–H and O–H groups in total. The van der Waals surface area contributed by atoms with Crippen molar-refractivity contribution in [2.24, 2.45) is 23.7 Å². The number of fused-ring (bicyclic) bond motifs is 5. The number of hydrogen-bond acceptors (Lipinski definition) is 26. The first-order chi connectivity index (χ1) is 68.2. The van der Waals surface area contributed by atoms with Gasteiger partial charge >= 0.3 is 6.18 Å². The lowest BCUT2D eigenvalue weighted by atomic mass is 9.81. The van der Waals surface area contributed by atoms with Crippen molar-refractivity contribution in [1.82, 2.24) is 86.8 Å². The Labute approximate surface area is 819 Å². The van der Waals surface area contributed by atoms with E-state index in [-0.39, 0.29) is 140 Å². The predicted octanol–water partition coefficient (Wildman–Crippen LogP) is 15.1. The topological polar surface area (TPSA) is 403 Å². The summed E-state index contributed by atoms with van der Waals surface area (Å²) in [5.41, 5.74) is 10.1. The monoisotopic (exact) mass is 2030 g/mol. The van der Waals surface area contributed by atoms with Crippen molar-refractivity contribution in [3.8, 4) is 39.3 Å². The molecule has 4 atom stereocenters. The molecule has 8 aliphatic heterocycles. The first-order valence-electron chi connectivity index (χ1n) is 47.0. The number of aromatic nitrogens is 14. The molecule has 8 saturated heterocycles. The quantitative estimate of drug-likeness (QED) is 0.0393. The summed E-state index contributed by atoms with van der Waals surface area (Å²) in [6, 6.07) is 22.7. The summed E-state index contributed by atoms with van der Waals surface area (Å²) in [5.74, 6) is -1.20. The lowest BCUT2D eigenvalue weighted by Gasteiger charge is -2.25. The van der Waals surface area contributed by atoms with E-state index < -0.39 is 105 Å². The third kappa shape index (κ3) is 20.4. The Hall–Kier alpha value is -12.8. The highest BCUT2D eigenvalue weighted by Crippen LogP contribution is 2.54. The molecule has 742 valence electrons. The standard InChI is InChI=1S/C27H25FN4O4S.C27H27FN4O3S.C24H21F4N5O3S.C23H24FN5O3S/c1-15-12-31-23(20-13-29-16(2)30-14-20)10-17(15)3-5-24(33)27-19-8-22(9-19)32(27)37(34,35)26-11-18-7-21(28)4-6-25(18)36-26;1-16-29-14-20(15-30-16)18-10-22(31-25(13-18)17-2-3-17)6-9-26(33)27-19-11-23(12-19)32(27)36(34,35)24-7-4-21(28)5-8-24;1-13-29-11-15(12-30-13)20-10-17(31-23(32-20)24(26,27)28)4-7-21(34)22-14-8-18(9-14)33(22)37(35,36)19-5-2-16(25)3-6-19;1-14-16(13-28(27-14)20-11-25-15(2)26-12-20)3-8-22(30)23-17-9-19(10-17)29(23)33(31,32)21-6-4-18(24)5-7-21/h4,6-7,10-14,19,22,27H,3,5,8-9H2,1-2H3;4-5,7-8,10,13-15,17,19,23,27H,2-3,6,9,11-12H2,1H3;2-3,5-6,10-12,14,18,22H,4,7-9H2,1H3;4-7,11-13,17,19,23H,3,8-10H2,1-2H3/t19?,22?,27-;19?,23?,27-;14?,18?,22-;17?,19?,23-/m0000/s1. The average Bonchev–Trinajstić information content (AvgIpc) is 1.57. The summed E-state index contributed by atoms with van der Waals surface area (Å²) in [4.78, 5) is 103. The van der Waals surface area contributed by atoms with Crippen LogP contribution >= 0.6 is 0 Å². The van der Waals surface area contributed by atoms with Crippen LogP contribution in [0.1, 0.15) is 164 Å². The molecule has 0 radical (unpaired) electrons. The van der Waals surface area contributed by atoms with E-state index in [9.17, 15) is 83.6 Å². The van der Waals surface area contributed by atoms with Gasteiger partial charge in [-0.1, -0.05) is 0 Å². The average molecular weight is 2030 g/mol. The van der Waals surface area contributed by atoms with E-state index in [4.69, 9.17) is 9.40 Å². The molecule has 26 rings (SSSR count). The number of furan rings is 1. The maximum absolute atomic E-state index is 13.6. The van der Waals surface area contributed by atoms with Crippen molar-refractivity contribution in [1.29, 1.82) is 0 Å². The van der Waals surface area contributed by atoms with Crippen LogP contribution in [-0.4, -0.2) is 192 Å². The van der Waals surface area contributed by atoms with Crippen molar-refractivity contribution in [3.63, 3.8) is 0 Å². The number of ketones is 4. The number of benzene rings is 4. The molecule has 0 amide bonds. The third-order valence-electron chi connectivity index (χ3n) is 28.4. The molecular formula is C101H97F7N18O13S4. The van der Waals surface area contributed by atoms with Gasteiger partial charge in [-0.2, -0.15) is 35.5 Å². The Morgan fingerprint density at radius 3 is 1.20 bits per heavy atom. The summed E-state index contributed by atoms with van der Waals surface area (Å²) in [5, 5.41) is 4.61.